The maximum absolute atomic E-state index is 11.7. The number of nitrogens with one attached hydrogen (secondary N) is 1. The molecule has 0 spiro atoms. The van der Waals surface area contributed by atoms with E-state index in [0.717, 1.165) is 5.69 Å². The third-order valence-electron chi connectivity index (χ3n) is 2.72. The van der Waals surface area contributed by atoms with E-state index in [1.165, 1.54) is 6.33 Å². The number of hydrogen-bond acceptors (Lipinski definition) is 6. The van der Waals surface area contributed by atoms with Crippen LogP contribution >= 0.6 is 0 Å². The lowest BCUT2D eigenvalue weighted by Gasteiger charge is -2.01. The van der Waals surface area contributed by atoms with E-state index in [4.69, 9.17) is 9.26 Å². The van der Waals surface area contributed by atoms with E-state index in [1.54, 1.807) is 17.7 Å². The van der Waals surface area contributed by atoms with Gasteiger partial charge in [-0.15, -0.1) is 5.10 Å². The first kappa shape index (κ1) is 13.8. The molecule has 0 aliphatic carbocycles. The second-order valence-electron chi connectivity index (χ2n) is 4.47. The maximum atomic E-state index is 11.7. The van der Waals surface area contributed by atoms with E-state index in [0.29, 0.717) is 11.6 Å². The van der Waals surface area contributed by atoms with E-state index in [1.807, 2.05) is 30.3 Å². The molecule has 3 aromatic rings. The van der Waals surface area contributed by atoms with Crippen molar-refractivity contribution in [3.63, 3.8) is 0 Å². The second kappa shape index (κ2) is 6.08. The second-order valence-corrected chi connectivity index (χ2v) is 4.47. The van der Waals surface area contributed by atoms with Crippen molar-refractivity contribution in [2.24, 2.45) is 0 Å². The number of hydrogen-bond donors (Lipinski definition) is 1. The highest BCUT2D eigenvalue weighted by Crippen LogP contribution is 2.09. The predicted octanol–water partition coefficient (Wildman–Crippen LogP) is 1.58. The molecule has 112 valence electrons. The number of ether oxygens (including phenoxy) is 1. The van der Waals surface area contributed by atoms with Crippen molar-refractivity contribution in [2.45, 2.75) is 6.92 Å². The van der Waals surface area contributed by atoms with E-state index >= 15 is 0 Å². The highest BCUT2D eigenvalue weighted by molar-refractivity contribution is 5.90. The first-order chi connectivity index (χ1) is 10.7. The van der Waals surface area contributed by atoms with Crippen molar-refractivity contribution in [1.29, 1.82) is 0 Å². The number of rotatable bonds is 5. The van der Waals surface area contributed by atoms with Crippen molar-refractivity contribution >= 4 is 11.7 Å². The van der Waals surface area contributed by atoms with Crippen LogP contribution < -0.4 is 10.1 Å². The van der Waals surface area contributed by atoms with Crippen LogP contribution in [0.25, 0.3) is 5.69 Å². The van der Waals surface area contributed by atoms with Gasteiger partial charge in [-0.05, 0) is 19.1 Å². The minimum Gasteiger partial charge on any atom is -0.452 e. The Morgan fingerprint density at radius 3 is 2.91 bits per heavy atom. The molecule has 0 aliphatic rings. The predicted molar refractivity (Wildman–Crippen MR) is 76.7 cm³/mol. The van der Waals surface area contributed by atoms with Gasteiger partial charge in [0.15, 0.2) is 12.4 Å². The van der Waals surface area contributed by atoms with Gasteiger partial charge >= 0.3 is 6.01 Å². The molecule has 2 heterocycles. The van der Waals surface area contributed by atoms with Crippen molar-refractivity contribution in [3.8, 4) is 11.7 Å². The summed E-state index contributed by atoms with van der Waals surface area (Å²) < 4.78 is 11.6. The minimum absolute atomic E-state index is 0.121. The number of para-hydroxylation sites is 1. The molecule has 8 nitrogen and oxygen atoms in total. The topological polar surface area (TPSA) is 95.1 Å². The lowest BCUT2D eigenvalue weighted by Crippen LogP contribution is -2.20. The number of benzene rings is 1. The van der Waals surface area contributed by atoms with Crippen molar-refractivity contribution < 1.29 is 14.1 Å². The Morgan fingerprint density at radius 1 is 1.36 bits per heavy atom. The Kier molecular flexibility index (Phi) is 3.82. The summed E-state index contributed by atoms with van der Waals surface area (Å²) in [6.07, 6.45) is 1.52. The highest BCUT2D eigenvalue weighted by atomic mass is 16.5. The molecular formula is C14H13N5O3. The van der Waals surface area contributed by atoms with Gasteiger partial charge < -0.3 is 14.6 Å². The van der Waals surface area contributed by atoms with Crippen LogP contribution in [0.5, 0.6) is 6.01 Å². The lowest BCUT2D eigenvalue weighted by molar-refractivity contribution is -0.118. The number of nitrogens with zero attached hydrogens (tertiary/aromatic N) is 4. The molecule has 8 heteroatoms. The third-order valence-corrected chi connectivity index (χ3v) is 2.72. The summed E-state index contributed by atoms with van der Waals surface area (Å²) >= 11 is 0. The van der Waals surface area contributed by atoms with Crippen LogP contribution in [0.1, 0.15) is 5.76 Å². The van der Waals surface area contributed by atoms with E-state index in [2.05, 4.69) is 20.6 Å². The molecule has 1 amide bonds. The monoisotopic (exact) mass is 299 g/mol. The van der Waals surface area contributed by atoms with Crippen LogP contribution in [0.3, 0.4) is 0 Å². The van der Waals surface area contributed by atoms with Crippen LogP contribution in [0.15, 0.2) is 47.2 Å². The summed E-state index contributed by atoms with van der Waals surface area (Å²) in [5, 5.41) is 10.3. The maximum Gasteiger partial charge on any atom is 0.336 e. The zero-order valence-electron chi connectivity index (χ0n) is 11.8. The van der Waals surface area contributed by atoms with E-state index in [9.17, 15) is 4.79 Å². The third kappa shape index (κ3) is 3.29. The molecule has 0 atom stereocenters. The van der Waals surface area contributed by atoms with Crippen LogP contribution in [0.4, 0.5) is 5.82 Å². The molecule has 0 radical (unpaired) electrons. The van der Waals surface area contributed by atoms with Gasteiger partial charge in [0.05, 0.1) is 5.69 Å². The molecule has 0 saturated carbocycles. The fourth-order valence-corrected chi connectivity index (χ4v) is 1.75. The van der Waals surface area contributed by atoms with Gasteiger partial charge in [-0.3, -0.25) is 4.79 Å². The molecule has 3 rings (SSSR count). The number of aromatic nitrogens is 4. The van der Waals surface area contributed by atoms with Crippen LogP contribution in [0.2, 0.25) is 0 Å². The van der Waals surface area contributed by atoms with Crippen molar-refractivity contribution in [1.82, 2.24) is 19.9 Å². The smallest absolute Gasteiger partial charge is 0.336 e. The van der Waals surface area contributed by atoms with Gasteiger partial charge in [-0.1, -0.05) is 23.4 Å². The Bertz CT molecular complexity index is 766. The SMILES string of the molecule is Cc1cc(NC(=O)COc2ncn(-c3ccccc3)n2)no1. The van der Waals surface area contributed by atoms with Crippen LogP contribution in [-0.4, -0.2) is 32.4 Å². The van der Waals surface area contributed by atoms with Gasteiger partial charge in [0.25, 0.3) is 5.91 Å². The van der Waals surface area contributed by atoms with Gasteiger partial charge in [-0.2, -0.15) is 4.98 Å². The van der Waals surface area contributed by atoms with Crippen LogP contribution in [0, 0.1) is 6.92 Å². The molecule has 0 aliphatic heterocycles. The molecule has 0 fully saturated rings. The number of carbonyl (C=O) groups is 1. The van der Waals surface area contributed by atoms with Gasteiger partial charge in [0.1, 0.15) is 12.1 Å². The molecule has 1 aromatic carbocycles. The van der Waals surface area contributed by atoms with Gasteiger partial charge in [-0.25, -0.2) is 4.68 Å². The summed E-state index contributed by atoms with van der Waals surface area (Å²) in [6.45, 7) is 1.52. The Balaban J connectivity index is 1.56. The summed E-state index contributed by atoms with van der Waals surface area (Å²) in [4.78, 5) is 15.7. The fourth-order valence-electron chi connectivity index (χ4n) is 1.75. The van der Waals surface area contributed by atoms with Gasteiger partial charge in [0, 0.05) is 6.07 Å². The summed E-state index contributed by atoms with van der Waals surface area (Å²) in [5.74, 6) is 0.581. The molecule has 0 saturated heterocycles. The highest BCUT2D eigenvalue weighted by Gasteiger charge is 2.09. The van der Waals surface area contributed by atoms with Crippen molar-refractivity contribution in [3.05, 3.63) is 48.5 Å². The number of amides is 1. The molecule has 1 N–H and O–H groups in total. The number of carbonyl (C=O) groups excluding carboxylic acids is 1. The zero-order valence-corrected chi connectivity index (χ0v) is 11.8. The standard InChI is InChI=1S/C14H13N5O3/c1-10-7-12(18-22-10)16-13(20)8-21-14-15-9-19(17-14)11-5-3-2-4-6-11/h2-7,9H,8H2,1H3,(H,16,18,20). The normalized spacial score (nSPS) is 10.4. The average molecular weight is 299 g/mol. The number of anilines is 1. The Hall–Kier alpha value is -3.16. The molecule has 2 aromatic heterocycles. The quantitative estimate of drug-likeness (QED) is 0.768. The molecular weight excluding hydrogens is 286 g/mol. The van der Waals surface area contributed by atoms with Crippen molar-refractivity contribution in [2.75, 3.05) is 11.9 Å². The largest absolute Gasteiger partial charge is 0.452 e. The van der Waals surface area contributed by atoms with E-state index < -0.39 is 0 Å². The number of aryl methyl sites for hydroxylation is 1. The van der Waals surface area contributed by atoms with Crippen LogP contribution in [-0.2, 0) is 4.79 Å². The summed E-state index contributed by atoms with van der Waals surface area (Å²) in [5.41, 5.74) is 0.854. The Morgan fingerprint density at radius 2 is 2.18 bits per heavy atom. The summed E-state index contributed by atoms with van der Waals surface area (Å²) in [6, 6.07) is 11.2. The van der Waals surface area contributed by atoms with Gasteiger partial charge in [0.2, 0.25) is 0 Å². The minimum atomic E-state index is -0.371. The molecule has 22 heavy (non-hydrogen) atoms. The zero-order chi connectivity index (χ0) is 15.4. The summed E-state index contributed by atoms with van der Waals surface area (Å²) in [7, 11) is 0. The lowest BCUT2D eigenvalue weighted by atomic mass is 10.3. The first-order valence-electron chi connectivity index (χ1n) is 6.54. The van der Waals surface area contributed by atoms with E-state index in [-0.39, 0.29) is 18.5 Å². The molecule has 0 unspecified atom stereocenters. The fraction of sp³-hybridized carbons (Fsp3) is 0.143. The molecule has 0 bridgehead atoms. The Labute approximate surface area is 125 Å². The average Bonchev–Trinajstić information content (AvgIpc) is 3.15. The first-order valence-corrected chi connectivity index (χ1v) is 6.54.